The Labute approximate surface area is 217 Å². The van der Waals surface area contributed by atoms with Crippen molar-refractivity contribution in [3.8, 4) is 21.0 Å². The maximum Gasteiger partial charge on any atom is 0.252 e. The summed E-state index contributed by atoms with van der Waals surface area (Å²) in [5.74, 6) is -1.50. The molecule has 0 saturated carbocycles. The van der Waals surface area contributed by atoms with E-state index in [9.17, 15) is 19.4 Å². The highest BCUT2D eigenvalue weighted by Gasteiger charge is 2.35. The number of hydrogen-bond acceptors (Lipinski definition) is 6. The van der Waals surface area contributed by atoms with Gasteiger partial charge in [-0.15, -0.1) is 11.3 Å². The summed E-state index contributed by atoms with van der Waals surface area (Å²) in [5.41, 5.74) is 0.937. The van der Waals surface area contributed by atoms with Crippen molar-refractivity contribution >= 4 is 17.2 Å². The Morgan fingerprint density at radius 3 is 2.51 bits per heavy atom. The first kappa shape index (κ1) is 26.5. The molecule has 192 valence electrons. The fourth-order valence-corrected chi connectivity index (χ4v) is 4.93. The molecule has 6 nitrogen and oxygen atoms in total. The summed E-state index contributed by atoms with van der Waals surface area (Å²) < 4.78 is 28.8. The number of hydrogen-bond donors (Lipinski definition) is 3. The van der Waals surface area contributed by atoms with Crippen molar-refractivity contribution in [1.82, 2.24) is 15.3 Å². The van der Waals surface area contributed by atoms with Crippen LogP contribution in [0.15, 0.2) is 67.0 Å². The molecular formula is C28H27F2N3O3S. The number of aryl methyl sites for hydroxylation is 1. The van der Waals surface area contributed by atoms with Gasteiger partial charge < -0.3 is 15.5 Å². The van der Waals surface area contributed by atoms with Crippen LogP contribution in [-0.4, -0.2) is 45.3 Å². The van der Waals surface area contributed by atoms with Gasteiger partial charge in [0.05, 0.1) is 29.2 Å². The Morgan fingerprint density at radius 2 is 1.84 bits per heavy atom. The third-order valence-electron chi connectivity index (χ3n) is 6.43. The van der Waals surface area contributed by atoms with E-state index < -0.39 is 23.2 Å². The van der Waals surface area contributed by atoms with Crippen molar-refractivity contribution in [2.75, 3.05) is 13.2 Å². The third kappa shape index (κ3) is 5.74. The van der Waals surface area contributed by atoms with E-state index in [1.807, 2.05) is 6.07 Å². The second-order valence-corrected chi connectivity index (χ2v) is 10.2. The fraction of sp³-hybridized carbons (Fsp3) is 0.250. The molecule has 2 heterocycles. The molecule has 4 rings (SSSR count). The summed E-state index contributed by atoms with van der Waals surface area (Å²) in [6.45, 7) is 2.55. The Balaban J connectivity index is 1.68. The highest BCUT2D eigenvalue weighted by molar-refractivity contribution is 7.18. The number of aliphatic hydroxyl groups is 2. The number of aromatic nitrogens is 2. The van der Waals surface area contributed by atoms with Crippen molar-refractivity contribution in [3.05, 3.63) is 95.4 Å². The lowest BCUT2D eigenvalue weighted by atomic mass is 9.81. The topological polar surface area (TPSA) is 95.3 Å². The standard InChI is InChI=1S/C28H27F2N3O3S/c1-17-12-18(9-10-21(17)29)23-14-32-27(37-23)25-20(7-5-8-22(25)30)26(36)33-24(28(2,15-34)16-35)13-19-6-3-4-11-31-19/h3-12,14,24,34-35H,13,15-16H2,1-2H3,(H,33,36)/t24-/m1/s1. The third-order valence-corrected chi connectivity index (χ3v) is 7.49. The van der Waals surface area contributed by atoms with Crippen LogP contribution < -0.4 is 5.32 Å². The molecule has 1 atom stereocenters. The van der Waals surface area contributed by atoms with Gasteiger partial charge in [-0.25, -0.2) is 13.8 Å². The Hall–Kier alpha value is -3.53. The van der Waals surface area contributed by atoms with Crippen molar-refractivity contribution in [1.29, 1.82) is 0 Å². The van der Waals surface area contributed by atoms with Crippen LogP contribution >= 0.6 is 11.3 Å². The zero-order valence-electron chi connectivity index (χ0n) is 20.4. The molecule has 37 heavy (non-hydrogen) atoms. The van der Waals surface area contributed by atoms with E-state index in [1.54, 1.807) is 50.5 Å². The molecule has 3 N–H and O–H groups in total. The minimum Gasteiger partial charge on any atom is -0.396 e. The van der Waals surface area contributed by atoms with Crippen LogP contribution in [0.2, 0.25) is 0 Å². The second-order valence-electron chi connectivity index (χ2n) is 9.18. The van der Waals surface area contributed by atoms with Crippen molar-refractivity contribution in [2.45, 2.75) is 26.3 Å². The Morgan fingerprint density at radius 1 is 1.05 bits per heavy atom. The zero-order valence-corrected chi connectivity index (χ0v) is 21.2. The number of aliphatic hydroxyl groups excluding tert-OH is 2. The van der Waals surface area contributed by atoms with Crippen molar-refractivity contribution in [2.24, 2.45) is 5.41 Å². The van der Waals surface area contributed by atoms with Gasteiger partial charge in [0.1, 0.15) is 16.6 Å². The molecule has 2 aromatic carbocycles. The molecule has 0 aliphatic heterocycles. The summed E-state index contributed by atoms with van der Waals surface area (Å²) in [6, 6.07) is 13.5. The van der Waals surface area contributed by atoms with Crippen LogP contribution in [0.4, 0.5) is 8.78 Å². The minimum atomic E-state index is -1.06. The number of amides is 1. The van der Waals surface area contributed by atoms with Gasteiger partial charge in [-0.3, -0.25) is 9.78 Å². The normalized spacial score (nSPS) is 12.4. The molecular weight excluding hydrogens is 496 g/mol. The number of nitrogens with one attached hydrogen (secondary N) is 1. The van der Waals surface area contributed by atoms with Crippen molar-refractivity contribution < 1.29 is 23.8 Å². The van der Waals surface area contributed by atoms with Gasteiger partial charge in [-0.1, -0.05) is 25.1 Å². The van der Waals surface area contributed by atoms with Crippen LogP contribution in [0.3, 0.4) is 0 Å². The number of halogens is 2. The number of benzene rings is 2. The fourth-order valence-electron chi connectivity index (χ4n) is 3.96. The minimum absolute atomic E-state index is 0.0429. The van der Waals surface area contributed by atoms with Crippen LogP contribution in [0.1, 0.15) is 28.5 Å². The quantitative estimate of drug-likeness (QED) is 0.293. The summed E-state index contributed by atoms with van der Waals surface area (Å²) >= 11 is 1.19. The first-order valence-corrected chi connectivity index (χ1v) is 12.5. The maximum atomic E-state index is 15.1. The Kier molecular flexibility index (Phi) is 8.06. The number of rotatable bonds is 9. The van der Waals surface area contributed by atoms with Gasteiger partial charge in [0, 0.05) is 36.0 Å². The smallest absolute Gasteiger partial charge is 0.252 e. The SMILES string of the molecule is Cc1cc(-c2cnc(-c3c(F)cccc3C(=O)N[C@H](Cc3ccccn3)C(C)(CO)CO)s2)ccc1F. The van der Waals surface area contributed by atoms with Crippen LogP contribution in [0.25, 0.3) is 21.0 Å². The van der Waals surface area contributed by atoms with E-state index in [0.717, 1.165) is 5.56 Å². The molecule has 0 aliphatic rings. The van der Waals surface area contributed by atoms with E-state index >= 15 is 4.39 Å². The van der Waals surface area contributed by atoms with E-state index in [2.05, 4.69) is 15.3 Å². The van der Waals surface area contributed by atoms with Gasteiger partial charge in [-0.2, -0.15) is 0 Å². The molecule has 9 heteroatoms. The predicted octanol–water partition coefficient (Wildman–Crippen LogP) is 4.79. The van der Waals surface area contributed by atoms with E-state index in [0.29, 0.717) is 21.1 Å². The lowest BCUT2D eigenvalue weighted by Gasteiger charge is -2.35. The molecule has 2 aromatic heterocycles. The predicted molar refractivity (Wildman–Crippen MR) is 139 cm³/mol. The molecule has 0 spiro atoms. The summed E-state index contributed by atoms with van der Waals surface area (Å²) in [4.78, 5) is 22.9. The molecule has 0 radical (unpaired) electrons. The van der Waals surface area contributed by atoms with Crippen LogP contribution in [-0.2, 0) is 6.42 Å². The van der Waals surface area contributed by atoms with Gasteiger partial charge >= 0.3 is 0 Å². The molecule has 0 unspecified atom stereocenters. The summed E-state index contributed by atoms with van der Waals surface area (Å²) in [6.07, 6.45) is 3.44. The first-order chi connectivity index (χ1) is 17.8. The highest BCUT2D eigenvalue weighted by atomic mass is 32.1. The Bertz CT molecular complexity index is 1390. The van der Waals surface area contributed by atoms with Gasteiger partial charge in [0.2, 0.25) is 0 Å². The lowest BCUT2D eigenvalue weighted by Crippen LogP contribution is -2.51. The van der Waals surface area contributed by atoms with Gasteiger partial charge in [-0.05, 0) is 54.4 Å². The van der Waals surface area contributed by atoms with Gasteiger partial charge in [0.15, 0.2) is 0 Å². The highest BCUT2D eigenvalue weighted by Crippen LogP contribution is 2.36. The number of carbonyl (C=O) groups is 1. The average Bonchev–Trinajstić information content (AvgIpc) is 3.39. The average molecular weight is 524 g/mol. The monoisotopic (exact) mass is 523 g/mol. The van der Waals surface area contributed by atoms with Crippen LogP contribution in [0, 0.1) is 24.0 Å². The molecule has 1 amide bonds. The summed E-state index contributed by atoms with van der Waals surface area (Å²) in [5, 5.41) is 23.2. The number of carbonyl (C=O) groups excluding carboxylic acids is 1. The summed E-state index contributed by atoms with van der Waals surface area (Å²) in [7, 11) is 0. The first-order valence-electron chi connectivity index (χ1n) is 11.7. The maximum absolute atomic E-state index is 15.1. The lowest BCUT2D eigenvalue weighted by molar-refractivity contribution is 0.0346. The molecule has 4 aromatic rings. The number of thiazole rings is 1. The van der Waals surface area contributed by atoms with Crippen LogP contribution in [0.5, 0.6) is 0 Å². The van der Waals surface area contributed by atoms with E-state index in [-0.39, 0.29) is 36.6 Å². The zero-order chi connectivity index (χ0) is 26.6. The van der Waals surface area contributed by atoms with E-state index in [1.165, 1.54) is 35.6 Å². The largest absolute Gasteiger partial charge is 0.396 e. The van der Waals surface area contributed by atoms with E-state index in [4.69, 9.17) is 0 Å². The van der Waals surface area contributed by atoms with Gasteiger partial charge in [0.25, 0.3) is 5.91 Å². The number of nitrogens with zero attached hydrogens (tertiary/aromatic N) is 2. The number of pyridine rings is 1. The molecule has 0 fully saturated rings. The molecule has 0 aliphatic carbocycles. The van der Waals surface area contributed by atoms with Crippen molar-refractivity contribution in [3.63, 3.8) is 0 Å². The molecule has 0 bridgehead atoms. The second kappa shape index (κ2) is 11.2. The molecule has 0 saturated heterocycles.